The van der Waals surface area contributed by atoms with Crippen LogP contribution in [0.4, 0.5) is 5.69 Å². The van der Waals surface area contributed by atoms with Gasteiger partial charge < -0.3 is 16.4 Å². The van der Waals surface area contributed by atoms with E-state index >= 15 is 0 Å². The number of hydrogen-bond donors (Lipinski definition) is 3. The van der Waals surface area contributed by atoms with Crippen LogP contribution in [0.25, 0.3) is 0 Å². The van der Waals surface area contributed by atoms with Crippen molar-refractivity contribution in [1.29, 1.82) is 0 Å². The van der Waals surface area contributed by atoms with Crippen LogP contribution in [0.15, 0.2) is 24.3 Å². The summed E-state index contributed by atoms with van der Waals surface area (Å²) in [6, 6.07) is 7.76. The first kappa shape index (κ1) is 21.5. The normalized spacial score (nSPS) is 19.8. The van der Waals surface area contributed by atoms with Gasteiger partial charge in [-0.05, 0) is 42.9 Å². The molecule has 0 aromatic heterocycles. The molecule has 1 aliphatic rings. The zero-order chi connectivity index (χ0) is 17.5. The van der Waals surface area contributed by atoms with Crippen LogP contribution >= 0.6 is 12.4 Å². The molecule has 6 heteroatoms. The second kappa shape index (κ2) is 10.4. The molecule has 0 saturated heterocycles. The number of carbonyl (C=O) groups is 2. The Morgan fingerprint density at radius 1 is 1.28 bits per heavy atom. The molecule has 2 unspecified atom stereocenters. The van der Waals surface area contributed by atoms with Gasteiger partial charge in [0.05, 0.1) is 0 Å². The number of nitrogens with one attached hydrogen (secondary N) is 2. The smallest absolute Gasteiger partial charge is 0.224 e. The molecule has 1 aromatic rings. The molecule has 1 saturated carbocycles. The van der Waals surface area contributed by atoms with Crippen LogP contribution in [0, 0.1) is 11.8 Å². The van der Waals surface area contributed by atoms with Gasteiger partial charge in [0, 0.05) is 30.6 Å². The van der Waals surface area contributed by atoms with E-state index in [4.69, 9.17) is 5.73 Å². The number of hydrogen-bond acceptors (Lipinski definition) is 3. The summed E-state index contributed by atoms with van der Waals surface area (Å²) in [5, 5.41) is 5.90. The molecule has 1 fully saturated rings. The van der Waals surface area contributed by atoms with Crippen molar-refractivity contribution < 1.29 is 9.59 Å². The van der Waals surface area contributed by atoms with E-state index in [0.29, 0.717) is 18.9 Å². The van der Waals surface area contributed by atoms with Crippen molar-refractivity contribution in [3.05, 3.63) is 29.8 Å². The van der Waals surface area contributed by atoms with E-state index in [1.807, 2.05) is 38.1 Å². The summed E-state index contributed by atoms with van der Waals surface area (Å²) >= 11 is 0. The molecular weight excluding hydrogens is 338 g/mol. The van der Waals surface area contributed by atoms with Gasteiger partial charge in [-0.25, -0.2) is 0 Å². The Labute approximate surface area is 156 Å². The molecule has 25 heavy (non-hydrogen) atoms. The van der Waals surface area contributed by atoms with Crippen molar-refractivity contribution >= 4 is 29.9 Å². The van der Waals surface area contributed by atoms with Gasteiger partial charge in [-0.15, -0.1) is 12.4 Å². The van der Waals surface area contributed by atoms with Gasteiger partial charge in [0.15, 0.2) is 0 Å². The first-order chi connectivity index (χ1) is 11.4. The highest BCUT2D eigenvalue weighted by molar-refractivity contribution is 5.90. The van der Waals surface area contributed by atoms with Gasteiger partial charge in [-0.2, -0.15) is 0 Å². The third-order valence-electron chi connectivity index (χ3n) is 4.36. The Kier molecular flexibility index (Phi) is 8.93. The Morgan fingerprint density at radius 3 is 2.72 bits per heavy atom. The van der Waals surface area contributed by atoms with E-state index in [9.17, 15) is 9.59 Å². The second-order valence-electron chi connectivity index (χ2n) is 7.19. The first-order valence-corrected chi connectivity index (χ1v) is 8.86. The molecule has 0 bridgehead atoms. The van der Waals surface area contributed by atoms with Crippen molar-refractivity contribution in [2.45, 2.75) is 58.5 Å². The lowest BCUT2D eigenvalue weighted by atomic mass is 9.85. The van der Waals surface area contributed by atoms with Crippen LogP contribution in [0.5, 0.6) is 0 Å². The van der Waals surface area contributed by atoms with Crippen LogP contribution in [-0.4, -0.2) is 17.9 Å². The fraction of sp³-hybridized carbons (Fsp3) is 0.579. The van der Waals surface area contributed by atoms with Crippen LogP contribution in [0.2, 0.25) is 0 Å². The lowest BCUT2D eigenvalue weighted by Gasteiger charge is -2.25. The van der Waals surface area contributed by atoms with Crippen LogP contribution in [0.1, 0.15) is 51.5 Å². The second-order valence-corrected chi connectivity index (χ2v) is 7.19. The zero-order valence-electron chi connectivity index (χ0n) is 15.1. The van der Waals surface area contributed by atoms with Gasteiger partial charge in [0.1, 0.15) is 0 Å². The maximum absolute atomic E-state index is 12.3. The average molecular weight is 368 g/mol. The Bertz CT molecular complexity index is 578. The monoisotopic (exact) mass is 367 g/mol. The van der Waals surface area contributed by atoms with Crippen LogP contribution < -0.4 is 16.4 Å². The minimum Gasteiger partial charge on any atom is -0.352 e. The highest BCUT2D eigenvalue weighted by atomic mass is 35.5. The molecule has 1 aliphatic carbocycles. The van der Waals surface area contributed by atoms with Crippen molar-refractivity contribution in [2.75, 3.05) is 5.32 Å². The van der Waals surface area contributed by atoms with Crippen LogP contribution in [-0.2, 0) is 16.1 Å². The summed E-state index contributed by atoms with van der Waals surface area (Å²) in [4.78, 5) is 24.1. The standard InChI is InChI=1S/C19H29N3O2.ClH/c1-13(2)9-18(23)22-17-8-3-5-14(10-17)12-21-19(24)15-6-4-7-16(20)11-15;/h3,5,8,10,13,15-16H,4,6-7,9,11-12,20H2,1-2H3,(H,21,24)(H,22,23);1H. The predicted octanol–water partition coefficient (Wildman–Crippen LogP) is 3.23. The van der Waals surface area contributed by atoms with E-state index in [1.165, 1.54) is 0 Å². The molecule has 0 heterocycles. The predicted molar refractivity (Wildman–Crippen MR) is 104 cm³/mol. The van der Waals surface area contributed by atoms with E-state index < -0.39 is 0 Å². The third kappa shape index (κ3) is 7.45. The Balaban J connectivity index is 0.00000312. The highest BCUT2D eigenvalue weighted by Crippen LogP contribution is 2.23. The number of carbonyl (C=O) groups excluding carboxylic acids is 2. The van der Waals surface area contributed by atoms with Crippen molar-refractivity contribution in [1.82, 2.24) is 5.32 Å². The number of nitrogens with two attached hydrogens (primary N) is 1. The molecule has 5 nitrogen and oxygen atoms in total. The molecule has 0 spiro atoms. The maximum Gasteiger partial charge on any atom is 0.224 e. The Hall–Kier alpha value is -1.59. The number of rotatable bonds is 6. The summed E-state index contributed by atoms with van der Waals surface area (Å²) < 4.78 is 0. The van der Waals surface area contributed by atoms with Crippen molar-refractivity contribution in [3.8, 4) is 0 Å². The van der Waals surface area contributed by atoms with Gasteiger partial charge in [0.25, 0.3) is 0 Å². The average Bonchev–Trinajstić information content (AvgIpc) is 2.52. The molecule has 1 aromatic carbocycles. The topological polar surface area (TPSA) is 84.2 Å². The summed E-state index contributed by atoms with van der Waals surface area (Å²) in [6.07, 6.45) is 4.24. The SMILES string of the molecule is CC(C)CC(=O)Nc1cccc(CNC(=O)C2CCCC(N)C2)c1.Cl. The summed E-state index contributed by atoms with van der Waals surface area (Å²) in [5.74, 6) is 0.457. The fourth-order valence-corrected chi connectivity index (χ4v) is 3.14. The van der Waals surface area contributed by atoms with Gasteiger partial charge in [0.2, 0.25) is 11.8 Å². The van der Waals surface area contributed by atoms with E-state index in [0.717, 1.165) is 36.9 Å². The third-order valence-corrected chi connectivity index (χ3v) is 4.36. The van der Waals surface area contributed by atoms with E-state index in [-0.39, 0.29) is 36.2 Å². The zero-order valence-corrected chi connectivity index (χ0v) is 15.9. The lowest BCUT2D eigenvalue weighted by molar-refractivity contribution is -0.126. The minimum absolute atomic E-state index is 0. The van der Waals surface area contributed by atoms with Gasteiger partial charge in [-0.3, -0.25) is 9.59 Å². The summed E-state index contributed by atoms with van der Waals surface area (Å²) in [7, 11) is 0. The van der Waals surface area contributed by atoms with Crippen molar-refractivity contribution in [3.63, 3.8) is 0 Å². The minimum atomic E-state index is 0. The number of halogens is 1. The molecule has 4 N–H and O–H groups in total. The Morgan fingerprint density at radius 2 is 2.04 bits per heavy atom. The number of amides is 2. The lowest BCUT2D eigenvalue weighted by Crippen LogP contribution is -2.37. The molecule has 2 amide bonds. The molecule has 0 aliphatic heterocycles. The summed E-state index contributed by atoms with van der Waals surface area (Å²) in [5.41, 5.74) is 7.70. The maximum atomic E-state index is 12.3. The molecule has 0 radical (unpaired) electrons. The van der Waals surface area contributed by atoms with Gasteiger partial charge >= 0.3 is 0 Å². The van der Waals surface area contributed by atoms with Gasteiger partial charge in [-0.1, -0.05) is 32.4 Å². The molecule has 140 valence electrons. The number of anilines is 1. The summed E-state index contributed by atoms with van der Waals surface area (Å²) in [6.45, 7) is 4.50. The fourth-order valence-electron chi connectivity index (χ4n) is 3.14. The van der Waals surface area contributed by atoms with Crippen molar-refractivity contribution in [2.24, 2.45) is 17.6 Å². The quantitative estimate of drug-likeness (QED) is 0.721. The molecular formula is C19H30ClN3O2. The largest absolute Gasteiger partial charge is 0.352 e. The first-order valence-electron chi connectivity index (χ1n) is 8.86. The van der Waals surface area contributed by atoms with Crippen LogP contribution in [0.3, 0.4) is 0 Å². The molecule has 2 rings (SSSR count). The number of benzene rings is 1. The van der Waals surface area contributed by atoms with E-state index in [1.54, 1.807) is 0 Å². The highest BCUT2D eigenvalue weighted by Gasteiger charge is 2.24. The molecule has 2 atom stereocenters. The van der Waals surface area contributed by atoms with E-state index in [2.05, 4.69) is 10.6 Å².